The van der Waals surface area contributed by atoms with Gasteiger partial charge in [-0.3, -0.25) is 4.79 Å². The highest BCUT2D eigenvalue weighted by Gasteiger charge is 2.23. The molecule has 0 spiro atoms. The summed E-state index contributed by atoms with van der Waals surface area (Å²) in [5.41, 5.74) is 1.60. The van der Waals surface area contributed by atoms with E-state index < -0.39 is 5.25 Å². The third kappa shape index (κ3) is 4.58. The maximum Gasteiger partial charge on any atom is 0.242 e. The number of aromatic nitrogens is 2. The summed E-state index contributed by atoms with van der Waals surface area (Å²) in [6.45, 7) is 0. The molecule has 0 unspecified atom stereocenters. The van der Waals surface area contributed by atoms with Gasteiger partial charge in [0.25, 0.3) is 0 Å². The van der Waals surface area contributed by atoms with E-state index in [1.807, 2.05) is 42.5 Å². The SMILES string of the molecule is COc1ccc(NC(=O)[C@@H](Sc2ncccn2)c2ccccc2)cc1. The van der Waals surface area contributed by atoms with Gasteiger partial charge in [-0.1, -0.05) is 42.1 Å². The van der Waals surface area contributed by atoms with Gasteiger partial charge in [-0.25, -0.2) is 9.97 Å². The molecule has 3 rings (SSSR count). The van der Waals surface area contributed by atoms with Gasteiger partial charge < -0.3 is 10.1 Å². The minimum atomic E-state index is -0.453. The van der Waals surface area contributed by atoms with Crippen LogP contribution in [0.3, 0.4) is 0 Å². The summed E-state index contributed by atoms with van der Waals surface area (Å²) in [6, 6.07) is 18.6. The maximum atomic E-state index is 12.9. The molecule has 6 heteroatoms. The van der Waals surface area contributed by atoms with Crippen molar-refractivity contribution in [2.75, 3.05) is 12.4 Å². The van der Waals surface area contributed by atoms with E-state index in [9.17, 15) is 4.79 Å². The van der Waals surface area contributed by atoms with Gasteiger partial charge >= 0.3 is 0 Å². The molecule has 1 aromatic heterocycles. The summed E-state index contributed by atoms with van der Waals surface area (Å²) in [7, 11) is 1.61. The van der Waals surface area contributed by atoms with E-state index in [-0.39, 0.29) is 5.91 Å². The number of carbonyl (C=O) groups is 1. The molecule has 1 atom stereocenters. The van der Waals surface area contributed by atoms with Crippen molar-refractivity contribution in [3.8, 4) is 5.75 Å². The lowest BCUT2D eigenvalue weighted by Crippen LogP contribution is -2.19. The largest absolute Gasteiger partial charge is 0.497 e. The summed E-state index contributed by atoms with van der Waals surface area (Å²) in [4.78, 5) is 21.3. The molecule has 0 bridgehead atoms. The normalized spacial score (nSPS) is 11.6. The van der Waals surface area contributed by atoms with Crippen LogP contribution in [0.25, 0.3) is 0 Å². The Labute approximate surface area is 150 Å². The monoisotopic (exact) mass is 351 g/mol. The number of nitrogens with one attached hydrogen (secondary N) is 1. The van der Waals surface area contributed by atoms with Gasteiger partial charge in [0, 0.05) is 18.1 Å². The minimum absolute atomic E-state index is 0.131. The second kappa shape index (κ2) is 8.30. The molecule has 2 aromatic carbocycles. The summed E-state index contributed by atoms with van der Waals surface area (Å²) in [5, 5.41) is 3.04. The number of amides is 1. The molecule has 3 aromatic rings. The smallest absolute Gasteiger partial charge is 0.242 e. The average molecular weight is 351 g/mol. The zero-order valence-electron chi connectivity index (χ0n) is 13.6. The standard InChI is InChI=1S/C19H17N3O2S/c1-24-16-10-8-15(9-11-16)22-18(23)17(14-6-3-2-4-7-14)25-19-20-12-5-13-21-19/h2-13,17H,1H3,(H,22,23)/t17-/m0/s1. The lowest BCUT2D eigenvalue weighted by Gasteiger charge is -2.16. The fourth-order valence-electron chi connectivity index (χ4n) is 2.23. The van der Waals surface area contributed by atoms with Crippen LogP contribution in [0.15, 0.2) is 78.2 Å². The van der Waals surface area contributed by atoms with Gasteiger partial charge in [0.05, 0.1) is 7.11 Å². The quantitative estimate of drug-likeness (QED) is 0.538. The molecule has 0 saturated heterocycles. The molecule has 126 valence electrons. The third-order valence-corrected chi connectivity index (χ3v) is 4.61. The molecule has 0 fully saturated rings. The molecule has 1 heterocycles. The molecule has 0 aliphatic heterocycles. The Kier molecular flexibility index (Phi) is 5.64. The first-order valence-corrected chi connectivity index (χ1v) is 8.58. The van der Waals surface area contributed by atoms with E-state index in [0.717, 1.165) is 11.3 Å². The van der Waals surface area contributed by atoms with Crippen LogP contribution in [0.2, 0.25) is 0 Å². The second-order valence-corrected chi connectivity index (χ2v) is 6.23. The lowest BCUT2D eigenvalue weighted by molar-refractivity contribution is -0.115. The van der Waals surface area contributed by atoms with Crippen LogP contribution in [0.1, 0.15) is 10.8 Å². The fraction of sp³-hybridized carbons (Fsp3) is 0.105. The first kappa shape index (κ1) is 17.0. The number of ether oxygens (including phenoxy) is 1. The highest BCUT2D eigenvalue weighted by molar-refractivity contribution is 8.00. The number of rotatable bonds is 6. The molecule has 5 nitrogen and oxygen atoms in total. The van der Waals surface area contributed by atoms with Gasteiger partial charge in [0.1, 0.15) is 11.0 Å². The van der Waals surface area contributed by atoms with Crippen LogP contribution < -0.4 is 10.1 Å². The maximum absolute atomic E-state index is 12.9. The number of anilines is 1. The van der Waals surface area contributed by atoms with Gasteiger partial charge in [-0.05, 0) is 35.9 Å². The topological polar surface area (TPSA) is 64.1 Å². The van der Waals surface area contributed by atoms with E-state index in [0.29, 0.717) is 10.8 Å². The van der Waals surface area contributed by atoms with Crippen molar-refractivity contribution in [2.45, 2.75) is 10.4 Å². The summed E-state index contributed by atoms with van der Waals surface area (Å²) in [6.07, 6.45) is 3.33. The van der Waals surface area contributed by atoms with Gasteiger partial charge in [-0.15, -0.1) is 0 Å². The molecule has 1 N–H and O–H groups in total. The number of benzene rings is 2. The van der Waals surface area contributed by atoms with Crippen molar-refractivity contribution in [2.24, 2.45) is 0 Å². The highest BCUT2D eigenvalue weighted by atomic mass is 32.2. The summed E-state index contributed by atoms with van der Waals surface area (Å²) < 4.78 is 5.14. The summed E-state index contributed by atoms with van der Waals surface area (Å²) in [5.74, 6) is 0.610. The molecule has 25 heavy (non-hydrogen) atoms. The number of methoxy groups -OCH3 is 1. The molecule has 0 aliphatic carbocycles. The molecular weight excluding hydrogens is 334 g/mol. The highest BCUT2D eigenvalue weighted by Crippen LogP contribution is 2.34. The number of hydrogen-bond acceptors (Lipinski definition) is 5. The van der Waals surface area contributed by atoms with E-state index >= 15 is 0 Å². The van der Waals surface area contributed by atoms with Gasteiger partial charge in [0.15, 0.2) is 5.16 Å². The first-order valence-electron chi connectivity index (χ1n) is 7.70. The minimum Gasteiger partial charge on any atom is -0.497 e. The Morgan fingerprint density at radius 3 is 2.32 bits per heavy atom. The van der Waals surface area contributed by atoms with Crippen LogP contribution >= 0.6 is 11.8 Å². The zero-order valence-corrected chi connectivity index (χ0v) is 14.4. The number of carbonyl (C=O) groups excluding carboxylic acids is 1. The van der Waals surface area contributed by atoms with Crippen molar-refractivity contribution < 1.29 is 9.53 Å². The third-order valence-electron chi connectivity index (χ3n) is 3.46. The molecule has 0 aliphatic rings. The Morgan fingerprint density at radius 2 is 1.68 bits per heavy atom. The number of hydrogen-bond donors (Lipinski definition) is 1. The number of nitrogens with zero attached hydrogens (tertiary/aromatic N) is 2. The van der Waals surface area contributed by atoms with Crippen molar-refractivity contribution in [3.63, 3.8) is 0 Å². The van der Waals surface area contributed by atoms with Crippen LogP contribution in [-0.4, -0.2) is 23.0 Å². The predicted molar refractivity (Wildman–Crippen MR) is 98.7 cm³/mol. The van der Waals surface area contributed by atoms with Gasteiger partial charge in [-0.2, -0.15) is 0 Å². The van der Waals surface area contributed by atoms with E-state index in [1.165, 1.54) is 11.8 Å². The second-order valence-electron chi connectivity index (χ2n) is 5.16. The van der Waals surface area contributed by atoms with Crippen LogP contribution in [0.4, 0.5) is 5.69 Å². The average Bonchev–Trinajstić information content (AvgIpc) is 2.68. The lowest BCUT2D eigenvalue weighted by atomic mass is 10.1. The van der Waals surface area contributed by atoms with Crippen molar-refractivity contribution in [3.05, 3.63) is 78.6 Å². The number of thioether (sulfide) groups is 1. The van der Waals surface area contributed by atoms with Crippen LogP contribution in [-0.2, 0) is 4.79 Å². The van der Waals surface area contributed by atoms with Crippen molar-refractivity contribution >= 4 is 23.4 Å². The Balaban J connectivity index is 1.81. The Hall–Kier alpha value is -2.86. The van der Waals surface area contributed by atoms with E-state index in [1.54, 1.807) is 37.7 Å². The first-order chi connectivity index (χ1) is 12.3. The molecular formula is C19H17N3O2S. The Bertz CT molecular complexity index is 811. The van der Waals surface area contributed by atoms with Crippen LogP contribution in [0.5, 0.6) is 5.75 Å². The zero-order chi connectivity index (χ0) is 17.5. The van der Waals surface area contributed by atoms with E-state index in [2.05, 4.69) is 15.3 Å². The van der Waals surface area contributed by atoms with Crippen LogP contribution in [0, 0.1) is 0 Å². The van der Waals surface area contributed by atoms with Gasteiger partial charge in [0.2, 0.25) is 5.91 Å². The molecule has 1 amide bonds. The Morgan fingerprint density at radius 1 is 1.00 bits per heavy atom. The fourth-order valence-corrected chi connectivity index (χ4v) is 3.15. The summed E-state index contributed by atoms with van der Waals surface area (Å²) >= 11 is 1.32. The van der Waals surface area contributed by atoms with Crippen molar-refractivity contribution in [1.82, 2.24) is 9.97 Å². The predicted octanol–water partition coefficient (Wildman–Crippen LogP) is 3.96. The van der Waals surface area contributed by atoms with E-state index in [4.69, 9.17) is 4.74 Å². The van der Waals surface area contributed by atoms with Crippen molar-refractivity contribution in [1.29, 1.82) is 0 Å². The molecule has 0 radical (unpaired) electrons. The molecule has 0 saturated carbocycles.